The summed E-state index contributed by atoms with van der Waals surface area (Å²) in [5, 5.41) is 34.9. The molecule has 0 unspecified atom stereocenters. The van der Waals surface area contributed by atoms with Crippen LogP contribution in [0.15, 0.2) is 22.7 Å². The van der Waals surface area contributed by atoms with Crippen LogP contribution in [0.4, 0.5) is 0 Å². The quantitative estimate of drug-likeness (QED) is 0.489. The lowest BCUT2D eigenvalue weighted by Crippen LogP contribution is -2.04. The fraction of sp³-hybridized carbons (Fsp3) is 0.143. The molecule has 0 radical (unpaired) electrons. The molecule has 0 aromatic carbocycles. The summed E-state index contributed by atoms with van der Waals surface area (Å²) in [6.45, 7) is 0. The van der Waals surface area contributed by atoms with Crippen LogP contribution in [0.1, 0.15) is 6.42 Å². The number of hydrogen-bond acceptors (Lipinski definition) is 4. The van der Waals surface area contributed by atoms with Gasteiger partial charge in [-0.2, -0.15) is 0 Å². The smallest absolute Gasteiger partial charge is 0.335 e. The van der Waals surface area contributed by atoms with Gasteiger partial charge in [0.15, 0.2) is 11.5 Å². The zero-order valence-electron chi connectivity index (χ0n) is 6.31. The Kier molecular flexibility index (Phi) is 1.97. The lowest BCUT2D eigenvalue weighted by molar-refractivity contribution is -0.132. The van der Waals surface area contributed by atoms with Gasteiger partial charge in [-0.15, -0.1) is 0 Å². The van der Waals surface area contributed by atoms with E-state index in [0.29, 0.717) is 0 Å². The fourth-order valence-electron chi connectivity index (χ4n) is 0.984. The number of carboxylic acid groups (broad SMARTS) is 2. The van der Waals surface area contributed by atoms with E-state index in [2.05, 4.69) is 0 Å². The Labute approximate surface area is 72.0 Å². The van der Waals surface area contributed by atoms with E-state index in [1.165, 1.54) is 0 Å². The van der Waals surface area contributed by atoms with Crippen LogP contribution in [-0.2, 0) is 9.59 Å². The van der Waals surface area contributed by atoms with Gasteiger partial charge >= 0.3 is 11.9 Å². The molecule has 0 heterocycles. The predicted octanol–water partition coefficient (Wildman–Crippen LogP) is 0.183. The van der Waals surface area contributed by atoms with Crippen LogP contribution < -0.4 is 0 Å². The molecule has 6 nitrogen and oxygen atoms in total. The standard InChI is InChI=1S/C7H6O6/c8-4-2(6(10)11)1-3(5(4)9)7(12)13/h8-9H,1H2,(H,10,11)(H,12,13). The molecule has 0 fully saturated rings. The molecular weight excluding hydrogens is 180 g/mol. The molecule has 0 spiro atoms. The molecule has 1 aliphatic rings. The second kappa shape index (κ2) is 2.81. The van der Waals surface area contributed by atoms with E-state index in [4.69, 9.17) is 20.4 Å². The maximum absolute atomic E-state index is 10.4. The van der Waals surface area contributed by atoms with Crippen molar-refractivity contribution >= 4 is 11.9 Å². The van der Waals surface area contributed by atoms with Gasteiger partial charge in [0.25, 0.3) is 0 Å². The highest BCUT2D eigenvalue weighted by Gasteiger charge is 2.31. The number of aliphatic carboxylic acids is 2. The van der Waals surface area contributed by atoms with Crippen molar-refractivity contribution in [2.24, 2.45) is 0 Å². The molecule has 1 aliphatic carbocycles. The Hall–Kier alpha value is -1.98. The summed E-state index contributed by atoms with van der Waals surface area (Å²) < 4.78 is 0. The molecule has 4 N–H and O–H groups in total. The van der Waals surface area contributed by atoms with Crippen LogP contribution >= 0.6 is 0 Å². The first-order valence-corrected chi connectivity index (χ1v) is 3.26. The van der Waals surface area contributed by atoms with Gasteiger partial charge in [-0.3, -0.25) is 0 Å². The largest absolute Gasteiger partial charge is 0.504 e. The zero-order valence-corrected chi connectivity index (χ0v) is 6.31. The average Bonchev–Trinajstić information content (AvgIpc) is 2.29. The third-order valence-electron chi connectivity index (χ3n) is 1.67. The van der Waals surface area contributed by atoms with Gasteiger partial charge in [-0.1, -0.05) is 0 Å². The molecule has 70 valence electrons. The van der Waals surface area contributed by atoms with E-state index in [0.717, 1.165) is 0 Å². The van der Waals surface area contributed by atoms with Gasteiger partial charge in [0.2, 0.25) is 0 Å². The lowest BCUT2D eigenvalue weighted by Gasteiger charge is -1.93. The summed E-state index contributed by atoms with van der Waals surface area (Å²) in [7, 11) is 0. The molecule has 0 atom stereocenters. The number of carbonyl (C=O) groups is 2. The number of aliphatic hydroxyl groups excluding tert-OH is 2. The highest BCUT2D eigenvalue weighted by Crippen LogP contribution is 2.29. The lowest BCUT2D eigenvalue weighted by atomic mass is 10.1. The SMILES string of the molecule is O=C(O)C1=C(O)C(O)=C(C(=O)O)C1. The first kappa shape index (κ1) is 9.11. The van der Waals surface area contributed by atoms with E-state index in [1.54, 1.807) is 0 Å². The third kappa shape index (κ3) is 1.33. The predicted molar refractivity (Wildman–Crippen MR) is 39.2 cm³/mol. The fourth-order valence-corrected chi connectivity index (χ4v) is 0.984. The summed E-state index contributed by atoms with van der Waals surface area (Å²) in [6.07, 6.45) is -0.470. The molecule has 0 saturated carbocycles. The minimum absolute atomic E-state index is 0.470. The number of rotatable bonds is 2. The number of hydrogen-bond donors (Lipinski definition) is 4. The van der Waals surface area contributed by atoms with Crippen molar-refractivity contribution in [2.45, 2.75) is 6.42 Å². The Bertz CT molecular complexity index is 314. The Morgan fingerprint density at radius 3 is 1.38 bits per heavy atom. The third-order valence-corrected chi connectivity index (χ3v) is 1.67. The molecule has 6 heteroatoms. The second-order valence-electron chi connectivity index (χ2n) is 2.44. The van der Waals surface area contributed by atoms with E-state index in [-0.39, 0.29) is 0 Å². The van der Waals surface area contributed by atoms with E-state index < -0.39 is 41.0 Å². The van der Waals surface area contributed by atoms with Crippen LogP contribution in [-0.4, -0.2) is 32.4 Å². The maximum atomic E-state index is 10.4. The Balaban J connectivity index is 3.08. The Morgan fingerprint density at radius 1 is 0.923 bits per heavy atom. The summed E-state index contributed by atoms with van der Waals surface area (Å²) in [5.74, 6) is -4.63. The molecule has 0 saturated heterocycles. The molecular formula is C7H6O6. The zero-order chi connectivity index (χ0) is 10.2. The van der Waals surface area contributed by atoms with Crippen molar-refractivity contribution in [1.29, 1.82) is 0 Å². The minimum atomic E-state index is -1.44. The van der Waals surface area contributed by atoms with E-state index in [1.807, 2.05) is 0 Å². The van der Waals surface area contributed by atoms with Crippen LogP contribution in [0.3, 0.4) is 0 Å². The minimum Gasteiger partial charge on any atom is -0.504 e. The summed E-state index contributed by atoms with van der Waals surface area (Å²) in [4.78, 5) is 20.8. The van der Waals surface area contributed by atoms with Crippen molar-refractivity contribution in [3.8, 4) is 0 Å². The molecule has 0 aromatic heterocycles. The van der Waals surface area contributed by atoms with Gasteiger partial charge in [-0.05, 0) is 0 Å². The second-order valence-corrected chi connectivity index (χ2v) is 2.44. The highest BCUT2D eigenvalue weighted by atomic mass is 16.4. The number of carboxylic acids is 2. The van der Waals surface area contributed by atoms with Gasteiger partial charge in [0.1, 0.15) is 0 Å². The van der Waals surface area contributed by atoms with Gasteiger partial charge in [0, 0.05) is 6.42 Å². The van der Waals surface area contributed by atoms with Crippen molar-refractivity contribution in [2.75, 3.05) is 0 Å². The average molecular weight is 186 g/mol. The molecule has 0 amide bonds. The van der Waals surface area contributed by atoms with Crippen molar-refractivity contribution in [3.63, 3.8) is 0 Å². The van der Waals surface area contributed by atoms with Crippen LogP contribution in [0, 0.1) is 0 Å². The molecule has 0 bridgehead atoms. The first-order valence-electron chi connectivity index (χ1n) is 3.26. The number of aliphatic hydroxyl groups is 2. The Morgan fingerprint density at radius 2 is 1.23 bits per heavy atom. The highest BCUT2D eigenvalue weighted by molar-refractivity contribution is 5.97. The molecule has 1 rings (SSSR count). The summed E-state index contributed by atoms with van der Waals surface area (Å²) in [5.41, 5.74) is -1.01. The van der Waals surface area contributed by atoms with Crippen molar-refractivity contribution < 1.29 is 30.0 Å². The molecule has 0 aromatic rings. The summed E-state index contributed by atoms with van der Waals surface area (Å²) in [6, 6.07) is 0. The van der Waals surface area contributed by atoms with E-state index in [9.17, 15) is 9.59 Å². The van der Waals surface area contributed by atoms with Crippen molar-refractivity contribution in [1.82, 2.24) is 0 Å². The first-order chi connectivity index (χ1) is 5.95. The molecule has 0 aliphatic heterocycles. The topological polar surface area (TPSA) is 115 Å². The normalized spacial score (nSPS) is 16.6. The summed E-state index contributed by atoms with van der Waals surface area (Å²) >= 11 is 0. The maximum Gasteiger partial charge on any atom is 0.335 e. The monoisotopic (exact) mass is 186 g/mol. The van der Waals surface area contributed by atoms with Gasteiger partial charge in [-0.25, -0.2) is 9.59 Å². The van der Waals surface area contributed by atoms with Gasteiger partial charge < -0.3 is 20.4 Å². The van der Waals surface area contributed by atoms with E-state index >= 15 is 0 Å². The van der Waals surface area contributed by atoms with Crippen LogP contribution in [0.5, 0.6) is 0 Å². The van der Waals surface area contributed by atoms with Gasteiger partial charge in [0.05, 0.1) is 11.1 Å². The van der Waals surface area contributed by atoms with Crippen LogP contribution in [0.2, 0.25) is 0 Å². The molecule has 13 heavy (non-hydrogen) atoms. The van der Waals surface area contributed by atoms with Crippen LogP contribution in [0.25, 0.3) is 0 Å². The van der Waals surface area contributed by atoms with Crippen molar-refractivity contribution in [3.05, 3.63) is 22.7 Å².